The predicted molar refractivity (Wildman–Crippen MR) is 59.2 cm³/mol. The molecular formula is C10H11N3O2S. The number of rotatable bonds is 2. The molecule has 5 nitrogen and oxygen atoms in total. The van der Waals surface area contributed by atoms with Crippen molar-refractivity contribution in [3.05, 3.63) is 23.4 Å². The van der Waals surface area contributed by atoms with Crippen molar-refractivity contribution in [2.75, 3.05) is 19.7 Å². The van der Waals surface area contributed by atoms with Crippen LogP contribution < -0.4 is 5.32 Å². The van der Waals surface area contributed by atoms with Crippen LogP contribution in [0.4, 0.5) is 0 Å². The maximum Gasteiger partial charge on any atom is 0.257 e. The van der Waals surface area contributed by atoms with Gasteiger partial charge in [0, 0.05) is 13.1 Å². The van der Waals surface area contributed by atoms with E-state index in [-0.39, 0.29) is 6.10 Å². The molecule has 0 aliphatic carbocycles. The standard InChI is InChI=1S/C10H11N3O2S/c1-2-8(16-5-1)9-12-10(15-13-9)7-6-11-3-4-14-7/h1-2,5,7,11H,3-4,6H2/t7-/m1/s1. The van der Waals surface area contributed by atoms with Gasteiger partial charge in [0.05, 0.1) is 11.5 Å². The Morgan fingerprint density at radius 3 is 3.25 bits per heavy atom. The first-order valence-corrected chi connectivity index (χ1v) is 6.01. The van der Waals surface area contributed by atoms with Crippen LogP contribution in [0.25, 0.3) is 10.7 Å². The molecule has 0 unspecified atom stereocenters. The van der Waals surface area contributed by atoms with Crippen molar-refractivity contribution >= 4 is 11.3 Å². The summed E-state index contributed by atoms with van der Waals surface area (Å²) in [6, 6.07) is 3.94. The average Bonchev–Trinajstić information content (AvgIpc) is 3.01. The summed E-state index contributed by atoms with van der Waals surface area (Å²) in [5.41, 5.74) is 0. The summed E-state index contributed by atoms with van der Waals surface area (Å²) in [7, 11) is 0. The molecule has 1 fully saturated rings. The van der Waals surface area contributed by atoms with Crippen molar-refractivity contribution in [1.29, 1.82) is 0 Å². The lowest BCUT2D eigenvalue weighted by Gasteiger charge is -2.19. The predicted octanol–water partition coefficient (Wildman–Crippen LogP) is 1.46. The molecule has 84 valence electrons. The zero-order chi connectivity index (χ0) is 10.8. The second-order valence-corrected chi connectivity index (χ2v) is 4.44. The smallest absolute Gasteiger partial charge is 0.257 e. The number of ether oxygens (including phenoxy) is 1. The van der Waals surface area contributed by atoms with Crippen LogP contribution in [0.2, 0.25) is 0 Å². The van der Waals surface area contributed by atoms with Gasteiger partial charge in [-0.25, -0.2) is 0 Å². The largest absolute Gasteiger partial charge is 0.366 e. The molecule has 3 heterocycles. The van der Waals surface area contributed by atoms with Crippen LogP contribution in [0, 0.1) is 0 Å². The third-order valence-electron chi connectivity index (χ3n) is 2.39. The quantitative estimate of drug-likeness (QED) is 0.856. The van der Waals surface area contributed by atoms with E-state index in [1.165, 1.54) is 0 Å². The second-order valence-electron chi connectivity index (χ2n) is 3.50. The first-order chi connectivity index (χ1) is 7.93. The lowest BCUT2D eigenvalue weighted by molar-refractivity contribution is 0.00755. The molecule has 0 amide bonds. The maximum absolute atomic E-state index is 5.54. The fourth-order valence-electron chi connectivity index (χ4n) is 1.60. The monoisotopic (exact) mass is 237 g/mol. The summed E-state index contributed by atoms with van der Waals surface area (Å²) in [4.78, 5) is 5.36. The minimum Gasteiger partial charge on any atom is -0.366 e. The Balaban J connectivity index is 1.82. The lowest BCUT2D eigenvalue weighted by atomic mass is 10.3. The van der Waals surface area contributed by atoms with Gasteiger partial charge in [-0.3, -0.25) is 0 Å². The Hall–Kier alpha value is -1.24. The molecule has 1 aliphatic rings. The Kier molecular flexibility index (Phi) is 2.69. The number of thiophene rings is 1. The normalized spacial score (nSPS) is 21.1. The molecule has 16 heavy (non-hydrogen) atoms. The van der Waals surface area contributed by atoms with Gasteiger partial charge in [0.15, 0.2) is 0 Å². The van der Waals surface area contributed by atoms with E-state index in [1.807, 2.05) is 17.5 Å². The van der Waals surface area contributed by atoms with Crippen molar-refractivity contribution in [3.8, 4) is 10.7 Å². The summed E-state index contributed by atoms with van der Waals surface area (Å²) < 4.78 is 10.7. The van der Waals surface area contributed by atoms with Crippen molar-refractivity contribution < 1.29 is 9.26 Å². The van der Waals surface area contributed by atoms with Gasteiger partial charge in [-0.1, -0.05) is 11.2 Å². The molecule has 1 aliphatic heterocycles. The summed E-state index contributed by atoms with van der Waals surface area (Å²) in [5, 5.41) is 9.17. The van der Waals surface area contributed by atoms with E-state index in [4.69, 9.17) is 9.26 Å². The highest BCUT2D eigenvalue weighted by Crippen LogP contribution is 2.24. The molecule has 1 atom stereocenters. The van der Waals surface area contributed by atoms with E-state index in [2.05, 4.69) is 15.5 Å². The van der Waals surface area contributed by atoms with Crippen LogP contribution in [0.1, 0.15) is 12.0 Å². The topological polar surface area (TPSA) is 60.2 Å². The number of nitrogens with zero attached hydrogens (tertiary/aromatic N) is 2. The van der Waals surface area contributed by atoms with Crippen LogP contribution in [-0.4, -0.2) is 29.8 Å². The number of aromatic nitrogens is 2. The van der Waals surface area contributed by atoms with E-state index in [0.717, 1.165) is 18.0 Å². The van der Waals surface area contributed by atoms with Gasteiger partial charge in [-0.2, -0.15) is 4.98 Å². The zero-order valence-corrected chi connectivity index (χ0v) is 9.37. The van der Waals surface area contributed by atoms with Crippen LogP contribution in [-0.2, 0) is 4.74 Å². The Morgan fingerprint density at radius 2 is 2.50 bits per heavy atom. The van der Waals surface area contributed by atoms with Gasteiger partial charge in [0.2, 0.25) is 5.82 Å². The van der Waals surface area contributed by atoms with Gasteiger partial charge < -0.3 is 14.6 Å². The van der Waals surface area contributed by atoms with Crippen LogP contribution >= 0.6 is 11.3 Å². The summed E-state index contributed by atoms with van der Waals surface area (Å²) in [6.45, 7) is 2.29. The molecule has 6 heteroatoms. The SMILES string of the molecule is c1csc(-c2noc([C@H]3CNCCO3)n2)c1. The molecular weight excluding hydrogens is 226 g/mol. The van der Waals surface area contributed by atoms with Crippen molar-refractivity contribution in [2.24, 2.45) is 0 Å². The first kappa shape index (κ1) is 9.95. The summed E-state index contributed by atoms with van der Waals surface area (Å²) in [5.74, 6) is 1.19. The maximum atomic E-state index is 5.54. The molecule has 0 spiro atoms. The molecule has 0 radical (unpaired) electrons. The van der Waals surface area contributed by atoms with E-state index in [9.17, 15) is 0 Å². The lowest BCUT2D eigenvalue weighted by Crippen LogP contribution is -2.33. The summed E-state index contributed by atoms with van der Waals surface area (Å²) in [6.07, 6.45) is -0.116. The van der Waals surface area contributed by atoms with E-state index in [0.29, 0.717) is 18.3 Å². The Labute approximate surface area is 96.4 Å². The van der Waals surface area contributed by atoms with Gasteiger partial charge in [0.25, 0.3) is 5.89 Å². The highest BCUT2D eigenvalue weighted by molar-refractivity contribution is 7.13. The highest BCUT2D eigenvalue weighted by Gasteiger charge is 2.22. The molecule has 0 bridgehead atoms. The molecule has 1 N–H and O–H groups in total. The highest BCUT2D eigenvalue weighted by atomic mass is 32.1. The molecule has 1 saturated heterocycles. The third-order valence-corrected chi connectivity index (χ3v) is 3.25. The van der Waals surface area contributed by atoms with E-state index in [1.54, 1.807) is 11.3 Å². The van der Waals surface area contributed by atoms with Crippen LogP contribution in [0.5, 0.6) is 0 Å². The molecule has 0 aromatic carbocycles. The minimum absolute atomic E-state index is 0.116. The summed E-state index contributed by atoms with van der Waals surface area (Å²) >= 11 is 1.59. The Morgan fingerprint density at radius 1 is 1.50 bits per heavy atom. The molecule has 2 aromatic heterocycles. The molecule has 3 rings (SSSR count). The van der Waals surface area contributed by atoms with Gasteiger partial charge in [0.1, 0.15) is 6.10 Å². The van der Waals surface area contributed by atoms with E-state index < -0.39 is 0 Å². The number of nitrogens with one attached hydrogen (secondary N) is 1. The molecule has 2 aromatic rings. The van der Waals surface area contributed by atoms with Crippen molar-refractivity contribution in [3.63, 3.8) is 0 Å². The average molecular weight is 237 g/mol. The van der Waals surface area contributed by atoms with Crippen molar-refractivity contribution in [2.45, 2.75) is 6.10 Å². The number of hydrogen-bond donors (Lipinski definition) is 1. The first-order valence-electron chi connectivity index (χ1n) is 5.13. The van der Waals surface area contributed by atoms with Crippen LogP contribution in [0.3, 0.4) is 0 Å². The third kappa shape index (κ3) is 1.87. The van der Waals surface area contributed by atoms with Gasteiger partial charge in [-0.05, 0) is 11.4 Å². The van der Waals surface area contributed by atoms with Gasteiger partial charge >= 0.3 is 0 Å². The van der Waals surface area contributed by atoms with E-state index >= 15 is 0 Å². The fourth-order valence-corrected chi connectivity index (χ4v) is 2.25. The number of hydrogen-bond acceptors (Lipinski definition) is 6. The second kappa shape index (κ2) is 4.32. The minimum atomic E-state index is -0.116. The fraction of sp³-hybridized carbons (Fsp3) is 0.400. The van der Waals surface area contributed by atoms with Gasteiger partial charge in [-0.15, -0.1) is 11.3 Å². The number of morpholine rings is 1. The van der Waals surface area contributed by atoms with Crippen LogP contribution in [0.15, 0.2) is 22.0 Å². The van der Waals surface area contributed by atoms with Crippen molar-refractivity contribution in [1.82, 2.24) is 15.5 Å². The zero-order valence-electron chi connectivity index (χ0n) is 8.55. The Bertz CT molecular complexity index is 448. The molecule has 0 saturated carbocycles.